The Morgan fingerprint density at radius 3 is 2.65 bits per heavy atom. The van der Waals surface area contributed by atoms with Gasteiger partial charge in [-0.2, -0.15) is 0 Å². The van der Waals surface area contributed by atoms with E-state index in [1.54, 1.807) is 24.5 Å². The van der Waals surface area contributed by atoms with Gasteiger partial charge in [0.15, 0.2) is 0 Å². The summed E-state index contributed by atoms with van der Waals surface area (Å²) in [5, 5.41) is 3.71. The van der Waals surface area contributed by atoms with E-state index >= 15 is 0 Å². The van der Waals surface area contributed by atoms with Crippen molar-refractivity contribution in [2.45, 2.75) is 26.2 Å². The molecule has 134 valence electrons. The van der Waals surface area contributed by atoms with Crippen molar-refractivity contribution in [1.82, 2.24) is 4.98 Å². The highest BCUT2D eigenvalue weighted by molar-refractivity contribution is 7.19. The van der Waals surface area contributed by atoms with Gasteiger partial charge in [-0.25, -0.2) is 4.98 Å². The van der Waals surface area contributed by atoms with Crippen molar-refractivity contribution in [2.24, 2.45) is 0 Å². The second-order valence-corrected chi connectivity index (χ2v) is 8.07. The van der Waals surface area contributed by atoms with Crippen LogP contribution >= 0.6 is 11.3 Å². The predicted octanol–water partition coefficient (Wildman–Crippen LogP) is 5.25. The molecule has 3 aromatic rings. The first-order valence-corrected chi connectivity index (χ1v) is 9.21. The van der Waals surface area contributed by atoms with Crippen LogP contribution in [0.4, 0.5) is 5.69 Å². The molecule has 0 fully saturated rings. The van der Waals surface area contributed by atoms with Crippen molar-refractivity contribution in [2.75, 3.05) is 12.4 Å². The molecule has 0 spiro atoms. The van der Waals surface area contributed by atoms with Crippen LogP contribution < -0.4 is 10.1 Å². The second kappa shape index (κ2) is 7.30. The van der Waals surface area contributed by atoms with E-state index in [1.165, 1.54) is 6.08 Å². The number of benzene rings is 2. The van der Waals surface area contributed by atoms with Crippen LogP contribution in [0.15, 0.2) is 48.5 Å². The lowest BCUT2D eigenvalue weighted by molar-refractivity contribution is -0.111. The summed E-state index contributed by atoms with van der Waals surface area (Å²) in [6, 6.07) is 13.8. The van der Waals surface area contributed by atoms with Crippen LogP contribution in [-0.2, 0) is 10.2 Å². The van der Waals surface area contributed by atoms with E-state index in [0.717, 1.165) is 20.8 Å². The maximum absolute atomic E-state index is 12.4. The zero-order valence-electron chi connectivity index (χ0n) is 15.4. The fraction of sp³-hybridized carbons (Fsp3) is 0.238. The van der Waals surface area contributed by atoms with Crippen molar-refractivity contribution in [3.63, 3.8) is 0 Å². The number of nitrogens with one attached hydrogen (secondary N) is 1. The van der Waals surface area contributed by atoms with Gasteiger partial charge in [-0.1, -0.05) is 39.0 Å². The van der Waals surface area contributed by atoms with Crippen molar-refractivity contribution in [3.8, 4) is 5.75 Å². The molecular weight excluding hydrogens is 344 g/mol. The maximum atomic E-state index is 12.4. The van der Waals surface area contributed by atoms with Gasteiger partial charge in [0.2, 0.25) is 5.91 Å². The van der Waals surface area contributed by atoms with E-state index in [1.807, 2.05) is 42.5 Å². The van der Waals surface area contributed by atoms with Crippen LogP contribution in [0.5, 0.6) is 5.75 Å². The standard InChI is InChI=1S/C21H22N2O2S/c1-21(2,3)14-9-10-17(25-4)16(13-14)22-19(24)11-12-20-23-15-7-5-6-8-18(15)26-20/h5-13H,1-4H3,(H,22,24)/b12-11+. The topological polar surface area (TPSA) is 51.2 Å². The molecule has 0 aliphatic heterocycles. The van der Waals surface area contributed by atoms with Gasteiger partial charge in [0, 0.05) is 6.08 Å². The molecule has 1 amide bonds. The third-order valence-electron chi connectivity index (χ3n) is 4.01. The van der Waals surface area contributed by atoms with E-state index in [-0.39, 0.29) is 11.3 Å². The Kier molecular flexibility index (Phi) is 5.09. The van der Waals surface area contributed by atoms with Crippen LogP contribution in [0.1, 0.15) is 31.3 Å². The summed E-state index contributed by atoms with van der Waals surface area (Å²) in [4.78, 5) is 16.9. The molecule has 1 N–H and O–H groups in total. The number of rotatable bonds is 4. The number of carbonyl (C=O) groups is 1. The summed E-state index contributed by atoms with van der Waals surface area (Å²) in [5.41, 5.74) is 2.72. The Labute approximate surface area is 157 Å². The highest BCUT2D eigenvalue weighted by Gasteiger charge is 2.16. The molecular formula is C21H22N2O2S. The number of hydrogen-bond acceptors (Lipinski definition) is 4. The Bertz CT molecular complexity index is 935. The van der Waals surface area contributed by atoms with E-state index < -0.39 is 0 Å². The zero-order chi connectivity index (χ0) is 18.7. The Morgan fingerprint density at radius 2 is 1.96 bits per heavy atom. The Hall–Kier alpha value is -2.66. The summed E-state index contributed by atoms with van der Waals surface area (Å²) >= 11 is 1.56. The summed E-state index contributed by atoms with van der Waals surface area (Å²) in [6.45, 7) is 6.40. The molecule has 0 bridgehead atoms. The minimum atomic E-state index is -0.214. The van der Waals surface area contributed by atoms with Gasteiger partial charge < -0.3 is 10.1 Å². The maximum Gasteiger partial charge on any atom is 0.248 e. The molecule has 0 aliphatic carbocycles. The fourth-order valence-corrected chi connectivity index (χ4v) is 3.43. The lowest BCUT2D eigenvalue weighted by Crippen LogP contribution is -2.14. The molecule has 3 rings (SSSR count). The van der Waals surface area contributed by atoms with Crippen molar-refractivity contribution < 1.29 is 9.53 Å². The largest absolute Gasteiger partial charge is 0.495 e. The summed E-state index contributed by atoms with van der Waals surface area (Å²) in [5.74, 6) is 0.424. The van der Waals surface area contributed by atoms with Crippen LogP contribution in [-0.4, -0.2) is 18.0 Å². The van der Waals surface area contributed by atoms with E-state index in [9.17, 15) is 4.79 Å². The van der Waals surface area contributed by atoms with Crippen LogP contribution in [0.25, 0.3) is 16.3 Å². The van der Waals surface area contributed by atoms with Crippen LogP contribution in [0.3, 0.4) is 0 Å². The molecule has 26 heavy (non-hydrogen) atoms. The number of ether oxygens (including phenoxy) is 1. The van der Waals surface area contributed by atoms with Gasteiger partial charge in [0.1, 0.15) is 10.8 Å². The monoisotopic (exact) mass is 366 g/mol. The van der Waals surface area contributed by atoms with E-state index in [4.69, 9.17) is 4.74 Å². The third-order valence-corrected chi connectivity index (χ3v) is 5.01. The lowest BCUT2D eigenvalue weighted by Gasteiger charge is -2.21. The lowest BCUT2D eigenvalue weighted by atomic mass is 9.87. The van der Waals surface area contributed by atoms with E-state index in [2.05, 4.69) is 31.1 Å². The Morgan fingerprint density at radius 1 is 1.19 bits per heavy atom. The number of methoxy groups -OCH3 is 1. The highest BCUT2D eigenvalue weighted by atomic mass is 32.1. The molecule has 0 aliphatic rings. The van der Waals surface area contributed by atoms with Crippen molar-refractivity contribution in [3.05, 3.63) is 59.1 Å². The second-order valence-electron chi connectivity index (χ2n) is 7.01. The van der Waals surface area contributed by atoms with Crippen molar-refractivity contribution >= 4 is 39.2 Å². The predicted molar refractivity (Wildman–Crippen MR) is 109 cm³/mol. The van der Waals surface area contributed by atoms with Gasteiger partial charge >= 0.3 is 0 Å². The zero-order valence-corrected chi connectivity index (χ0v) is 16.2. The molecule has 1 heterocycles. The van der Waals surface area contributed by atoms with Gasteiger partial charge in [-0.3, -0.25) is 4.79 Å². The number of hydrogen-bond donors (Lipinski definition) is 1. The van der Waals surface area contributed by atoms with Crippen LogP contribution in [0.2, 0.25) is 0 Å². The molecule has 0 radical (unpaired) electrons. The number of amides is 1. The molecule has 0 saturated carbocycles. The van der Waals surface area contributed by atoms with Crippen molar-refractivity contribution in [1.29, 1.82) is 0 Å². The Balaban J connectivity index is 1.78. The molecule has 0 saturated heterocycles. The van der Waals surface area contributed by atoms with Gasteiger partial charge in [-0.15, -0.1) is 11.3 Å². The average molecular weight is 366 g/mol. The first-order valence-electron chi connectivity index (χ1n) is 8.40. The molecule has 0 unspecified atom stereocenters. The van der Waals surface area contributed by atoms with Gasteiger partial charge in [-0.05, 0) is 41.3 Å². The first kappa shape index (κ1) is 18.1. The number of aromatic nitrogens is 1. The molecule has 5 heteroatoms. The minimum Gasteiger partial charge on any atom is -0.495 e. The number of nitrogens with zero attached hydrogens (tertiary/aromatic N) is 1. The molecule has 4 nitrogen and oxygen atoms in total. The highest BCUT2D eigenvalue weighted by Crippen LogP contribution is 2.31. The van der Waals surface area contributed by atoms with Gasteiger partial charge in [0.25, 0.3) is 0 Å². The average Bonchev–Trinajstić information content (AvgIpc) is 3.02. The quantitative estimate of drug-likeness (QED) is 0.641. The number of carbonyl (C=O) groups excluding carboxylic acids is 1. The minimum absolute atomic E-state index is 0.0113. The number of para-hydroxylation sites is 1. The number of fused-ring (bicyclic) bond motifs is 1. The fourth-order valence-electron chi connectivity index (χ4n) is 2.55. The smallest absolute Gasteiger partial charge is 0.248 e. The SMILES string of the molecule is COc1ccc(C(C)(C)C)cc1NC(=O)/C=C/c1nc2ccccc2s1. The molecule has 0 atom stereocenters. The summed E-state index contributed by atoms with van der Waals surface area (Å²) in [7, 11) is 1.60. The summed E-state index contributed by atoms with van der Waals surface area (Å²) < 4.78 is 6.47. The van der Waals surface area contributed by atoms with Crippen LogP contribution in [0, 0.1) is 0 Å². The van der Waals surface area contributed by atoms with E-state index in [0.29, 0.717) is 11.4 Å². The van der Waals surface area contributed by atoms with Gasteiger partial charge in [0.05, 0.1) is 23.0 Å². The summed E-state index contributed by atoms with van der Waals surface area (Å²) in [6.07, 6.45) is 3.24. The molecule has 1 aromatic heterocycles. The first-order chi connectivity index (χ1) is 12.4. The molecule has 2 aromatic carbocycles. The number of anilines is 1. The third kappa shape index (κ3) is 4.11. The number of thiazole rings is 1. The normalized spacial score (nSPS) is 11.8.